The van der Waals surface area contributed by atoms with Crippen molar-refractivity contribution in [3.8, 4) is 23.5 Å². The Kier molecular flexibility index (Phi) is 7.09. The standard InChI is InChI=1S/C21H24N2O5/c1-15-19(7-4-16-2-5-17(6-3-16)26-9-8-22)23-21(12-20(15)24)28-14-18-13-25-10-11-27-18/h2-3,5-6,12,18H,8-11,13-14,22H2,1H3,(H,23,24). The van der Waals surface area contributed by atoms with Gasteiger partial charge in [0, 0.05) is 23.7 Å². The second-order valence-electron chi connectivity index (χ2n) is 6.29. The third kappa shape index (κ3) is 5.60. The summed E-state index contributed by atoms with van der Waals surface area (Å²) in [7, 11) is 0. The maximum Gasteiger partial charge on any atom is 0.195 e. The van der Waals surface area contributed by atoms with Gasteiger partial charge in [0.05, 0.1) is 25.5 Å². The average molecular weight is 384 g/mol. The third-order valence-electron chi connectivity index (χ3n) is 4.14. The van der Waals surface area contributed by atoms with Gasteiger partial charge in [0.2, 0.25) is 0 Å². The van der Waals surface area contributed by atoms with Crippen molar-refractivity contribution in [2.45, 2.75) is 13.0 Å². The van der Waals surface area contributed by atoms with Gasteiger partial charge < -0.3 is 29.7 Å². The summed E-state index contributed by atoms with van der Waals surface area (Å²) in [5, 5.41) is 0. The number of nitrogens with two attached hydrogens (primary N) is 1. The molecule has 2 heterocycles. The fourth-order valence-corrected chi connectivity index (χ4v) is 2.57. The van der Waals surface area contributed by atoms with E-state index in [4.69, 9.17) is 24.7 Å². The molecular weight excluding hydrogens is 360 g/mol. The predicted molar refractivity (Wildman–Crippen MR) is 105 cm³/mol. The summed E-state index contributed by atoms with van der Waals surface area (Å²) >= 11 is 0. The summed E-state index contributed by atoms with van der Waals surface area (Å²) in [6, 6.07) is 8.80. The number of benzene rings is 1. The highest BCUT2D eigenvalue weighted by Gasteiger charge is 2.15. The van der Waals surface area contributed by atoms with Crippen LogP contribution in [0.15, 0.2) is 35.1 Å². The smallest absolute Gasteiger partial charge is 0.195 e. The Balaban J connectivity index is 1.70. The second-order valence-corrected chi connectivity index (χ2v) is 6.29. The Bertz CT molecular complexity index is 890. The summed E-state index contributed by atoms with van der Waals surface area (Å²) in [4.78, 5) is 15.3. The molecule has 1 atom stereocenters. The molecule has 148 valence electrons. The van der Waals surface area contributed by atoms with Gasteiger partial charge in [-0.05, 0) is 37.1 Å². The molecular formula is C21H24N2O5. The Hall–Kier alpha value is -2.79. The van der Waals surface area contributed by atoms with Crippen molar-refractivity contribution in [1.29, 1.82) is 0 Å². The van der Waals surface area contributed by atoms with E-state index in [1.54, 1.807) is 6.92 Å². The number of ether oxygens (including phenoxy) is 4. The molecule has 28 heavy (non-hydrogen) atoms. The number of hydrogen-bond donors (Lipinski definition) is 2. The second kappa shape index (κ2) is 9.95. The van der Waals surface area contributed by atoms with Crippen LogP contribution < -0.4 is 20.6 Å². The molecule has 1 fully saturated rings. The minimum absolute atomic E-state index is 0.135. The number of pyridine rings is 1. The van der Waals surface area contributed by atoms with E-state index in [1.165, 1.54) is 6.07 Å². The lowest BCUT2D eigenvalue weighted by atomic mass is 10.1. The number of aromatic nitrogens is 1. The quantitative estimate of drug-likeness (QED) is 0.727. The highest BCUT2D eigenvalue weighted by atomic mass is 16.6. The zero-order valence-corrected chi connectivity index (χ0v) is 15.8. The minimum Gasteiger partial charge on any atom is -0.492 e. The summed E-state index contributed by atoms with van der Waals surface area (Å²) in [6.45, 7) is 4.59. The van der Waals surface area contributed by atoms with E-state index in [2.05, 4.69) is 16.8 Å². The van der Waals surface area contributed by atoms with E-state index < -0.39 is 0 Å². The van der Waals surface area contributed by atoms with Crippen LogP contribution in [0, 0.1) is 18.8 Å². The molecule has 0 aliphatic carbocycles. The maximum absolute atomic E-state index is 12.2. The van der Waals surface area contributed by atoms with Crippen LogP contribution in [0.4, 0.5) is 0 Å². The van der Waals surface area contributed by atoms with E-state index in [0.29, 0.717) is 56.7 Å². The molecule has 3 rings (SSSR count). The molecule has 7 heteroatoms. The van der Waals surface area contributed by atoms with Crippen molar-refractivity contribution in [3.05, 3.63) is 57.4 Å². The Labute approximate surface area is 163 Å². The van der Waals surface area contributed by atoms with Gasteiger partial charge in [0.25, 0.3) is 0 Å². The van der Waals surface area contributed by atoms with Crippen molar-refractivity contribution in [3.63, 3.8) is 0 Å². The van der Waals surface area contributed by atoms with Crippen LogP contribution in [0.25, 0.3) is 0 Å². The first-order valence-electron chi connectivity index (χ1n) is 9.16. The lowest BCUT2D eigenvalue weighted by Crippen LogP contribution is -2.33. The highest BCUT2D eigenvalue weighted by Crippen LogP contribution is 2.12. The first-order valence-corrected chi connectivity index (χ1v) is 9.16. The fourth-order valence-electron chi connectivity index (χ4n) is 2.57. The molecule has 0 radical (unpaired) electrons. The van der Waals surface area contributed by atoms with Gasteiger partial charge in [-0.15, -0.1) is 0 Å². The van der Waals surface area contributed by atoms with Crippen LogP contribution in [0.2, 0.25) is 0 Å². The largest absolute Gasteiger partial charge is 0.492 e. The fraction of sp³-hybridized carbons (Fsp3) is 0.381. The molecule has 1 unspecified atom stereocenters. The Morgan fingerprint density at radius 3 is 2.75 bits per heavy atom. The summed E-state index contributed by atoms with van der Waals surface area (Å²) in [5.41, 5.74) is 7.15. The van der Waals surface area contributed by atoms with Crippen molar-refractivity contribution < 1.29 is 18.9 Å². The number of nitrogens with one attached hydrogen (secondary N) is 1. The van der Waals surface area contributed by atoms with E-state index >= 15 is 0 Å². The van der Waals surface area contributed by atoms with E-state index in [9.17, 15) is 4.79 Å². The van der Waals surface area contributed by atoms with Gasteiger partial charge in [-0.1, -0.05) is 5.92 Å². The normalized spacial score (nSPS) is 16.1. The zero-order valence-electron chi connectivity index (χ0n) is 15.8. The first kappa shape index (κ1) is 20.0. The number of H-pyrrole nitrogens is 1. The van der Waals surface area contributed by atoms with E-state index in [1.807, 2.05) is 24.3 Å². The van der Waals surface area contributed by atoms with Gasteiger partial charge >= 0.3 is 0 Å². The summed E-state index contributed by atoms with van der Waals surface area (Å²) < 4.78 is 22.0. The van der Waals surface area contributed by atoms with E-state index in [-0.39, 0.29) is 11.5 Å². The van der Waals surface area contributed by atoms with Gasteiger partial charge in [-0.3, -0.25) is 4.79 Å². The van der Waals surface area contributed by atoms with Gasteiger partial charge in [0.15, 0.2) is 11.3 Å². The molecule has 0 bridgehead atoms. The summed E-state index contributed by atoms with van der Waals surface area (Å²) in [5.74, 6) is 7.15. The SMILES string of the molecule is Cc1c(C#Cc2ccc(OCCN)cc2)[nH]c(OCC2COCCO2)cc1=O. The molecule has 3 N–H and O–H groups in total. The van der Waals surface area contributed by atoms with Crippen LogP contribution in [0.1, 0.15) is 16.8 Å². The molecule has 2 aromatic rings. The molecule has 0 saturated carbocycles. The number of aromatic amines is 1. The molecule has 7 nitrogen and oxygen atoms in total. The zero-order chi connectivity index (χ0) is 19.8. The van der Waals surface area contributed by atoms with Crippen molar-refractivity contribution in [2.75, 3.05) is 39.6 Å². The highest BCUT2D eigenvalue weighted by molar-refractivity contribution is 5.45. The van der Waals surface area contributed by atoms with Crippen LogP contribution in [0.5, 0.6) is 11.6 Å². The monoisotopic (exact) mass is 384 g/mol. The van der Waals surface area contributed by atoms with Crippen molar-refractivity contribution in [2.24, 2.45) is 5.73 Å². The molecule has 1 aliphatic heterocycles. The minimum atomic E-state index is -0.145. The molecule has 1 aliphatic rings. The molecule has 0 amide bonds. The lowest BCUT2D eigenvalue weighted by molar-refractivity contribution is -0.102. The summed E-state index contributed by atoms with van der Waals surface area (Å²) in [6.07, 6.45) is -0.145. The van der Waals surface area contributed by atoms with Gasteiger partial charge in [-0.25, -0.2) is 0 Å². The van der Waals surface area contributed by atoms with Crippen LogP contribution in [-0.2, 0) is 9.47 Å². The number of hydrogen-bond acceptors (Lipinski definition) is 6. The Morgan fingerprint density at radius 2 is 2.04 bits per heavy atom. The van der Waals surface area contributed by atoms with Crippen LogP contribution in [0.3, 0.4) is 0 Å². The number of rotatable bonds is 6. The lowest BCUT2D eigenvalue weighted by Gasteiger charge is -2.22. The molecule has 1 aromatic heterocycles. The van der Waals surface area contributed by atoms with E-state index in [0.717, 1.165) is 11.3 Å². The molecule has 0 spiro atoms. The Morgan fingerprint density at radius 1 is 1.21 bits per heavy atom. The topological polar surface area (TPSA) is 95.8 Å². The molecule has 1 aromatic carbocycles. The maximum atomic E-state index is 12.2. The van der Waals surface area contributed by atoms with Crippen LogP contribution in [-0.4, -0.2) is 50.7 Å². The van der Waals surface area contributed by atoms with Crippen LogP contribution >= 0.6 is 0 Å². The van der Waals surface area contributed by atoms with Crippen molar-refractivity contribution in [1.82, 2.24) is 4.98 Å². The first-order chi connectivity index (χ1) is 13.7. The van der Waals surface area contributed by atoms with Gasteiger partial charge in [0.1, 0.15) is 25.1 Å². The molecule has 1 saturated heterocycles. The third-order valence-corrected chi connectivity index (χ3v) is 4.14. The van der Waals surface area contributed by atoms with Crippen molar-refractivity contribution >= 4 is 0 Å². The predicted octanol–water partition coefficient (Wildman–Crippen LogP) is 1.21. The average Bonchev–Trinajstić information content (AvgIpc) is 2.73. The van der Waals surface area contributed by atoms with Gasteiger partial charge in [-0.2, -0.15) is 0 Å².